The van der Waals surface area contributed by atoms with Gasteiger partial charge < -0.3 is 19.9 Å². The van der Waals surface area contributed by atoms with Crippen LogP contribution in [0.3, 0.4) is 0 Å². The first-order valence-electron chi connectivity index (χ1n) is 8.59. The number of hydrogen-bond acceptors (Lipinski definition) is 5. The van der Waals surface area contributed by atoms with E-state index in [9.17, 15) is 0 Å². The zero-order chi connectivity index (χ0) is 17.9. The number of aryl methyl sites for hydroxylation is 1. The topological polar surface area (TPSA) is 84.6 Å². The summed E-state index contributed by atoms with van der Waals surface area (Å²) in [4.78, 5) is 8.36. The van der Waals surface area contributed by atoms with Gasteiger partial charge in [-0.05, 0) is 25.8 Å². The van der Waals surface area contributed by atoms with E-state index in [1.807, 2.05) is 25.1 Å². The molecule has 0 aliphatic rings. The maximum Gasteiger partial charge on any atom is 0.228 e. The zero-order valence-electron chi connectivity index (χ0n) is 15.2. The van der Waals surface area contributed by atoms with Gasteiger partial charge in [-0.25, -0.2) is 0 Å². The van der Waals surface area contributed by atoms with E-state index in [4.69, 9.17) is 9.26 Å². The van der Waals surface area contributed by atoms with E-state index in [2.05, 4.69) is 44.8 Å². The van der Waals surface area contributed by atoms with Crippen molar-refractivity contribution in [1.29, 1.82) is 0 Å². The molecule has 0 aliphatic heterocycles. The molecule has 1 unspecified atom stereocenters. The SMILES string of the molecule is CN=C(NCCCOC(C)c1ccccc1)NCCc1nc(C)no1. The highest BCUT2D eigenvalue weighted by atomic mass is 16.5. The van der Waals surface area contributed by atoms with Crippen molar-refractivity contribution in [3.8, 4) is 0 Å². The molecule has 1 aromatic heterocycles. The minimum atomic E-state index is 0.108. The normalized spacial score (nSPS) is 12.8. The molecule has 0 spiro atoms. The molecule has 1 heterocycles. The van der Waals surface area contributed by atoms with Crippen LogP contribution in [0.25, 0.3) is 0 Å². The fourth-order valence-electron chi connectivity index (χ4n) is 2.31. The average Bonchev–Trinajstić information content (AvgIpc) is 3.05. The average molecular weight is 345 g/mol. The zero-order valence-corrected chi connectivity index (χ0v) is 15.2. The van der Waals surface area contributed by atoms with Crippen molar-refractivity contribution in [3.63, 3.8) is 0 Å². The molecule has 0 aliphatic carbocycles. The van der Waals surface area contributed by atoms with Crippen molar-refractivity contribution in [1.82, 2.24) is 20.8 Å². The first-order valence-corrected chi connectivity index (χ1v) is 8.59. The second-order valence-electron chi connectivity index (χ2n) is 5.69. The van der Waals surface area contributed by atoms with Crippen LogP contribution in [0.4, 0.5) is 0 Å². The molecule has 1 atom stereocenters. The summed E-state index contributed by atoms with van der Waals surface area (Å²) in [7, 11) is 1.75. The number of nitrogens with zero attached hydrogens (tertiary/aromatic N) is 3. The van der Waals surface area contributed by atoms with Gasteiger partial charge in [0.2, 0.25) is 5.89 Å². The van der Waals surface area contributed by atoms with Crippen molar-refractivity contribution in [2.45, 2.75) is 32.8 Å². The van der Waals surface area contributed by atoms with Crippen molar-refractivity contribution >= 4 is 5.96 Å². The van der Waals surface area contributed by atoms with Crippen LogP contribution in [-0.2, 0) is 11.2 Å². The molecule has 2 aromatic rings. The van der Waals surface area contributed by atoms with Gasteiger partial charge >= 0.3 is 0 Å². The Kier molecular flexibility index (Phi) is 7.91. The molecule has 0 fully saturated rings. The number of nitrogens with one attached hydrogen (secondary N) is 2. The highest BCUT2D eigenvalue weighted by Crippen LogP contribution is 2.15. The largest absolute Gasteiger partial charge is 0.374 e. The molecule has 0 saturated carbocycles. The van der Waals surface area contributed by atoms with Crippen molar-refractivity contribution in [2.24, 2.45) is 4.99 Å². The predicted molar refractivity (Wildman–Crippen MR) is 97.5 cm³/mol. The Morgan fingerprint density at radius 3 is 2.68 bits per heavy atom. The van der Waals surface area contributed by atoms with E-state index in [-0.39, 0.29) is 6.10 Å². The lowest BCUT2D eigenvalue weighted by molar-refractivity contribution is 0.0646. The second-order valence-corrected chi connectivity index (χ2v) is 5.69. The van der Waals surface area contributed by atoms with E-state index in [0.717, 1.165) is 18.9 Å². The maximum absolute atomic E-state index is 5.86. The van der Waals surface area contributed by atoms with E-state index >= 15 is 0 Å². The molecule has 0 bridgehead atoms. The summed E-state index contributed by atoms with van der Waals surface area (Å²) in [6, 6.07) is 10.2. The van der Waals surface area contributed by atoms with Crippen LogP contribution >= 0.6 is 0 Å². The lowest BCUT2D eigenvalue weighted by Crippen LogP contribution is -2.39. The maximum atomic E-state index is 5.86. The number of guanidine groups is 1. The monoisotopic (exact) mass is 345 g/mol. The van der Waals surface area contributed by atoms with Gasteiger partial charge in [-0.15, -0.1) is 0 Å². The van der Waals surface area contributed by atoms with E-state index in [1.54, 1.807) is 7.05 Å². The Morgan fingerprint density at radius 2 is 2.00 bits per heavy atom. The number of rotatable bonds is 9. The Hall–Kier alpha value is -2.41. The van der Waals surface area contributed by atoms with Crippen molar-refractivity contribution in [2.75, 3.05) is 26.7 Å². The summed E-state index contributed by atoms with van der Waals surface area (Å²) in [6.45, 7) is 6.05. The number of aromatic nitrogens is 2. The number of hydrogen-bond donors (Lipinski definition) is 2. The molecule has 7 heteroatoms. The molecule has 0 amide bonds. The molecule has 25 heavy (non-hydrogen) atoms. The standard InChI is InChI=1S/C18H27N5O2/c1-14(16-8-5-4-6-9-16)24-13-7-11-20-18(19-3)21-12-10-17-22-15(2)23-25-17/h4-6,8-9,14H,7,10-13H2,1-3H3,(H2,19,20,21). The van der Waals surface area contributed by atoms with Crippen molar-refractivity contribution in [3.05, 3.63) is 47.6 Å². The highest BCUT2D eigenvalue weighted by molar-refractivity contribution is 5.79. The van der Waals surface area contributed by atoms with Gasteiger partial charge in [0.1, 0.15) is 0 Å². The van der Waals surface area contributed by atoms with Crippen LogP contribution in [0.15, 0.2) is 39.8 Å². The van der Waals surface area contributed by atoms with Crippen LogP contribution in [0.2, 0.25) is 0 Å². The lowest BCUT2D eigenvalue weighted by Gasteiger charge is -2.14. The van der Waals surface area contributed by atoms with Gasteiger partial charge in [0.15, 0.2) is 11.8 Å². The van der Waals surface area contributed by atoms with Crippen LogP contribution < -0.4 is 10.6 Å². The summed E-state index contributed by atoms with van der Waals surface area (Å²) in [5.41, 5.74) is 1.20. The fourth-order valence-corrected chi connectivity index (χ4v) is 2.31. The minimum absolute atomic E-state index is 0.108. The first kappa shape index (κ1) is 18.9. The van der Waals surface area contributed by atoms with Crippen LogP contribution in [-0.4, -0.2) is 42.8 Å². The molecule has 7 nitrogen and oxygen atoms in total. The van der Waals surface area contributed by atoms with E-state index < -0.39 is 0 Å². The summed E-state index contributed by atoms with van der Waals surface area (Å²) < 4.78 is 10.9. The van der Waals surface area contributed by atoms with Gasteiger partial charge in [-0.3, -0.25) is 4.99 Å². The Morgan fingerprint density at radius 1 is 1.24 bits per heavy atom. The number of ether oxygens (including phenoxy) is 1. The smallest absolute Gasteiger partial charge is 0.228 e. The lowest BCUT2D eigenvalue weighted by atomic mass is 10.1. The fraction of sp³-hybridized carbons (Fsp3) is 0.500. The van der Waals surface area contributed by atoms with Crippen LogP contribution in [0.1, 0.15) is 36.7 Å². The molecule has 2 N–H and O–H groups in total. The molecule has 136 valence electrons. The van der Waals surface area contributed by atoms with Gasteiger partial charge in [-0.2, -0.15) is 4.98 Å². The van der Waals surface area contributed by atoms with Gasteiger partial charge in [0.05, 0.1) is 6.10 Å². The molecule has 0 radical (unpaired) electrons. The van der Waals surface area contributed by atoms with Gasteiger partial charge in [0.25, 0.3) is 0 Å². The molecule has 2 rings (SSSR count). The summed E-state index contributed by atoms with van der Waals surface area (Å²) in [5.74, 6) is 2.04. The molecule has 1 aromatic carbocycles. The van der Waals surface area contributed by atoms with Crippen LogP contribution in [0.5, 0.6) is 0 Å². The van der Waals surface area contributed by atoms with Gasteiger partial charge in [0, 0.05) is 33.2 Å². The third-order valence-electron chi connectivity index (χ3n) is 3.67. The Balaban J connectivity index is 1.56. The molecular weight excluding hydrogens is 318 g/mol. The van der Waals surface area contributed by atoms with E-state index in [0.29, 0.717) is 31.3 Å². The third-order valence-corrected chi connectivity index (χ3v) is 3.67. The predicted octanol–water partition coefficient (Wildman–Crippen LogP) is 2.25. The summed E-state index contributed by atoms with van der Waals surface area (Å²) in [5, 5.41) is 10.3. The second kappa shape index (κ2) is 10.5. The van der Waals surface area contributed by atoms with Gasteiger partial charge in [-0.1, -0.05) is 35.5 Å². The quantitative estimate of drug-likeness (QED) is 0.412. The van der Waals surface area contributed by atoms with Crippen LogP contribution in [0, 0.1) is 6.92 Å². The molecular formula is C18H27N5O2. The first-order chi connectivity index (χ1) is 12.2. The summed E-state index contributed by atoms with van der Waals surface area (Å²) in [6.07, 6.45) is 1.68. The number of aliphatic imine (C=N–C) groups is 1. The minimum Gasteiger partial charge on any atom is -0.374 e. The van der Waals surface area contributed by atoms with Crippen molar-refractivity contribution < 1.29 is 9.26 Å². The molecule has 0 saturated heterocycles. The Labute approximate surface area is 148 Å². The highest BCUT2D eigenvalue weighted by Gasteiger charge is 2.05. The van der Waals surface area contributed by atoms with E-state index in [1.165, 1.54) is 5.56 Å². The Bertz CT molecular complexity index is 642. The number of benzene rings is 1. The third kappa shape index (κ3) is 6.93. The summed E-state index contributed by atoms with van der Waals surface area (Å²) >= 11 is 0.